The number of rotatable bonds is 8. The second-order valence-corrected chi connectivity index (χ2v) is 7.30. The molecule has 1 unspecified atom stereocenters. The molecule has 2 rings (SSSR count). The first kappa shape index (κ1) is 19.5. The van der Waals surface area contributed by atoms with Crippen LogP contribution in [0.4, 0.5) is 0 Å². The molecule has 2 aromatic rings. The van der Waals surface area contributed by atoms with Crippen molar-refractivity contribution in [3.8, 4) is 22.6 Å². The number of ether oxygens (including phenoxy) is 2. The Kier molecular flexibility index (Phi) is 7.51. The highest BCUT2D eigenvalue weighted by molar-refractivity contribution is 9.10. The molecule has 0 spiro atoms. The van der Waals surface area contributed by atoms with E-state index in [0.717, 1.165) is 36.3 Å². The van der Waals surface area contributed by atoms with Crippen molar-refractivity contribution in [3.63, 3.8) is 0 Å². The minimum absolute atomic E-state index is 0.185. The van der Waals surface area contributed by atoms with E-state index in [9.17, 15) is 4.79 Å². The molecular weight excluding hydrogens is 380 g/mol. The summed E-state index contributed by atoms with van der Waals surface area (Å²) in [6.45, 7) is 6.84. The average molecular weight is 405 g/mol. The lowest BCUT2D eigenvalue weighted by Crippen LogP contribution is -2.24. The molecule has 0 aliphatic heterocycles. The van der Waals surface area contributed by atoms with Crippen LogP contribution in [-0.2, 0) is 4.79 Å². The van der Waals surface area contributed by atoms with Gasteiger partial charge in [-0.15, -0.1) is 0 Å². The number of benzene rings is 2. The van der Waals surface area contributed by atoms with Crippen molar-refractivity contribution >= 4 is 21.9 Å². The molecule has 1 atom stereocenters. The molecule has 4 heteroatoms. The predicted molar refractivity (Wildman–Crippen MR) is 105 cm³/mol. The zero-order valence-electron chi connectivity index (χ0n) is 15.0. The highest BCUT2D eigenvalue weighted by Gasteiger charge is 2.20. The Morgan fingerprint density at radius 1 is 0.960 bits per heavy atom. The van der Waals surface area contributed by atoms with Crippen LogP contribution in [0.5, 0.6) is 11.5 Å². The Bertz CT molecular complexity index is 663. The van der Waals surface area contributed by atoms with E-state index in [0.29, 0.717) is 5.75 Å². The number of hydrogen-bond donors (Lipinski definition) is 0. The van der Waals surface area contributed by atoms with Crippen LogP contribution in [0.25, 0.3) is 11.1 Å². The van der Waals surface area contributed by atoms with Crippen molar-refractivity contribution in [2.45, 2.75) is 38.4 Å². The summed E-state index contributed by atoms with van der Waals surface area (Å²) < 4.78 is 11.1. The highest BCUT2D eigenvalue weighted by atomic mass is 79.9. The van der Waals surface area contributed by atoms with Crippen LogP contribution in [-0.4, -0.2) is 17.4 Å². The number of esters is 1. The summed E-state index contributed by atoms with van der Waals surface area (Å²) in [5.74, 6) is 1.36. The van der Waals surface area contributed by atoms with Gasteiger partial charge in [-0.1, -0.05) is 67.4 Å². The number of alkyl halides is 1. The molecule has 0 fully saturated rings. The fourth-order valence-corrected chi connectivity index (χ4v) is 2.33. The van der Waals surface area contributed by atoms with Gasteiger partial charge in [0.25, 0.3) is 0 Å². The summed E-state index contributed by atoms with van der Waals surface area (Å²) >= 11 is 3.36. The van der Waals surface area contributed by atoms with Gasteiger partial charge in [0.15, 0.2) is 0 Å². The maximum atomic E-state index is 12.0. The van der Waals surface area contributed by atoms with Crippen molar-refractivity contribution in [1.29, 1.82) is 0 Å². The zero-order valence-corrected chi connectivity index (χ0v) is 16.6. The molecule has 134 valence electrons. The van der Waals surface area contributed by atoms with Gasteiger partial charge in [-0.2, -0.15) is 0 Å². The maximum Gasteiger partial charge on any atom is 0.325 e. The lowest BCUT2D eigenvalue weighted by atomic mass is 10.1. The SMILES string of the molecule is CCCCOc1ccc(-c2ccc(OC(=O)C(Br)C(C)C)cc2)cc1. The summed E-state index contributed by atoms with van der Waals surface area (Å²) in [7, 11) is 0. The van der Waals surface area contributed by atoms with Crippen LogP contribution < -0.4 is 9.47 Å². The fourth-order valence-electron chi connectivity index (χ4n) is 2.24. The normalized spacial score (nSPS) is 12.0. The van der Waals surface area contributed by atoms with Gasteiger partial charge in [-0.05, 0) is 47.7 Å². The smallest absolute Gasteiger partial charge is 0.325 e. The Morgan fingerprint density at radius 2 is 1.48 bits per heavy atom. The van der Waals surface area contributed by atoms with Gasteiger partial charge in [-0.3, -0.25) is 4.79 Å². The molecule has 0 amide bonds. The van der Waals surface area contributed by atoms with Gasteiger partial charge in [0, 0.05) is 0 Å². The number of carbonyl (C=O) groups is 1. The minimum atomic E-state index is -0.299. The maximum absolute atomic E-state index is 12.0. The predicted octanol–water partition coefficient (Wildman–Crippen LogP) is 5.86. The fraction of sp³-hybridized carbons (Fsp3) is 0.381. The standard InChI is InChI=1S/C21H25BrO3/c1-4-5-14-24-18-10-6-16(7-11-18)17-8-12-19(13-9-17)25-21(23)20(22)15(2)3/h6-13,15,20H,4-5,14H2,1-3H3. The first-order valence-electron chi connectivity index (χ1n) is 8.70. The third kappa shape index (κ3) is 5.89. The number of unbranched alkanes of at least 4 members (excludes halogenated alkanes) is 1. The number of hydrogen-bond acceptors (Lipinski definition) is 3. The van der Waals surface area contributed by atoms with Crippen molar-refractivity contribution < 1.29 is 14.3 Å². The first-order chi connectivity index (χ1) is 12.0. The Balaban J connectivity index is 1.98. The molecule has 0 N–H and O–H groups in total. The summed E-state index contributed by atoms with van der Waals surface area (Å²) in [5.41, 5.74) is 2.17. The van der Waals surface area contributed by atoms with Crippen LogP contribution in [0.2, 0.25) is 0 Å². The highest BCUT2D eigenvalue weighted by Crippen LogP contribution is 2.25. The molecule has 0 aromatic heterocycles. The summed E-state index contributed by atoms with van der Waals surface area (Å²) in [5, 5.41) is 0. The molecule has 25 heavy (non-hydrogen) atoms. The molecule has 0 radical (unpaired) electrons. The molecule has 2 aromatic carbocycles. The number of carbonyl (C=O) groups excluding carboxylic acids is 1. The second kappa shape index (κ2) is 9.62. The molecular formula is C21H25BrO3. The van der Waals surface area contributed by atoms with E-state index < -0.39 is 0 Å². The zero-order chi connectivity index (χ0) is 18.2. The van der Waals surface area contributed by atoms with Crippen molar-refractivity contribution in [2.75, 3.05) is 6.61 Å². The lowest BCUT2D eigenvalue weighted by molar-refractivity contribution is -0.134. The quantitative estimate of drug-likeness (QED) is 0.239. The first-order valence-corrected chi connectivity index (χ1v) is 9.62. The van der Waals surface area contributed by atoms with Gasteiger partial charge in [-0.25, -0.2) is 0 Å². The summed E-state index contributed by atoms with van der Waals surface area (Å²) in [6.07, 6.45) is 2.19. The van der Waals surface area contributed by atoms with Crippen LogP contribution in [0.3, 0.4) is 0 Å². The van der Waals surface area contributed by atoms with Gasteiger partial charge in [0.2, 0.25) is 0 Å². The Labute approximate surface area is 158 Å². The van der Waals surface area contributed by atoms with E-state index in [2.05, 4.69) is 22.9 Å². The lowest BCUT2D eigenvalue weighted by Gasteiger charge is -2.13. The van der Waals surface area contributed by atoms with Crippen LogP contribution >= 0.6 is 15.9 Å². The molecule has 0 saturated heterocycles. The second-order valence-electron chi connectivity index (χ2n) is 6.32. The topological polar surface area (TPSA) is 35.5 Å². The van der Waals surface area contributed by atoms with E-state index >= 15 is 0 Å². The Hall–Kier alpha value is -1.81. The molecule has 3 nitrogen and oxygen atoms in total. The van der Waals surface area contributed by atoms with E-state index in [4.69, 9.17) is 9.47 Å². The van der Waals surface area contributed by atoms with Gasteiger partial charge < -0.3 is 9.47 Å². The van der Waals surface area contributed by atoms with Gasteiger partial charge in [0.1, 0.15) is 16.3 Å². The molecule has 0 bridgehead atoms. The van der Waals surface area contributed by atoms with Gasteiger partial charge >= 0.3 is 5.97 Å². The largest absolute Gasteiger partial charge is 0.494 e. The molecule has 0 aliphatic carbocycles. The molecule has 0 aliphatic rings. The van der Waals surface area contributed by atoms with E-state index in [-0.39, 0.29) is 16.7 Å². The van der Waals surface area contributed by atoms with Crippen LogP contribution in [0.15, 0.2) is 48.5 Å². The minimum Gasteiger partial charge on any atom is -0.494 e. The van der Waals surface area contributed by atoms with Crippen molar-refractivity contribution in [3.05, 3.63) is 48.5 Å². The average Bonchev–Trinajstić information content (AvgIpc) is 2.62. The monoisotopic (exact) mass is 404 g/mol. The van der Waals surface area contributed by atoms with Crippen molar-refractivity contribution in [1.82, 2.24) is 0 Å². The summed E-state index contributed by atoms with van der Waals surface area (Å²) in [6, 6.07) is 15.6. The number of halogens is 1. The summed E-state index contributed by atoms with van der Waals surface area (Å²) in [4.78, 5) is 11.7. The molecule has 0 saturated carbocycles. The van der Waals surface area contributed by atoms with Crippen LogP contribution in [0, 0.1) is 5.92 Å². The van der Waals surface area contributed by atoms with E-state index in [1.807, 2.05) is 62.4 Å². The van der Waals surface area contributed by atoms with Crippen molar-refractivity contribution in [2.24, 2.45) is 5.92 Å². The van der Waals surface area contributed by atoms with E-state index in [1.54, 1.807) is 0 Å². The third-order valence-corrected chi connectivity index (χ3v) is 5.27. The Morgan fingerprint density at radius 3 is 1.96 bits per heavy atom. The molecule has 0 heterocycles. The van der Waals surface area contributed by atoms with Gasteiger partial charge in [0.05, 0.1) is 6.61 Å². The third-order valence-electron chi connectivity index (χ3n) is 3.84. The van der Waals surface area contributed by atoms with Crippen LogP contribution in [0.1, 0.15) is 33.6 Å². The van der Waals surface area contributed by atoms with E-state index in [1.165, 1.54) is 0 Å².